The molecule has 4 nitrogen and oxygen atoms in total. The summed E-state index contributed by atoms with van der Waals surface area (Å²) in [6.45, 7) is 3.27. The van der Waals surface area contributed by atoms with Crippen LogP contribution in [-0.4, -0.2) is 13.2 Å². The van der Waals surface area contributed by atoms with E-state index in [1.54, 1.807) is 0 Å². The van der Waals surface area contributed by atoms with Gasteiger partial charge in [-0.3, -0.25) is 0 Å². The molecule has 0 bridgehead atoms. The molecule has 1 unspecified atom stereocenters. The second-order valence-electron chi connectivity index (χ2n) is 4.68. The standard InChI is InChI=1S/C15H17NO3/c1-10-3-5-13(19-10)15(16)11-4-6-12-14(9-11)18-8-2-7-17-12/h3-6,9,15H,2,7-8,16H2,1H3. The van der Waals surface area contributed by atoms with Crippen molar-refractivity contribution < 1.29 is 13.9 Å². The molecule has 0 saturated carbocycles. The quantitative estimate of drug-likeness (QED) is 0.901. The molecule has 2 aromatic rings. The van der Waals surface area contributed by atoms with Gasteiger partial charge in [-0.1, -0.05) is 6.07 Å². The van der Waals surface area contributed by atoms with Gasteiger partial charge in [0.1, 0.15) is 11.5 Å². The maximum Gasteiger partial charge on any atom is 0.161 e. The minimum Gasteiger partial charge on any atom is -0.490 e. The normalized spacial score (nSPS) is 15.9. The Morgan fingerprint density at radius 2 is 1.84 bits per heavy atom. The molecular weight excluding hydrogens is 242 g/mol. The summed E-state index contributed by atoms with van der Waals surface area (Å²) in [6, 6.07) is 9.33. The van der Waals surface area contributed by atoms with Gasteiger partial charge in [0, 0.05) is 6.42 Å². The van der Waals surface area contributed by atoms with Crippen molar-refractivity contribution in [2.75, 3.05) is 13.2 Å². The molecule has 2 N–H and O–H groups in total. The lowest BCUT2D eigenvalue weighted by molar-refractivity contribution is 0.297. The summed E-state index contributed by atoms with van der Waals surface area (Å²) in [7, 11) is 0. The van der Waals surface area contributed by atoms with Crippen LogP contribution in [0.3, 0.4) is 0 Å². The molecule has 3 rings (SSSR count). The van der Waals surface area contributed by atoms with E-state index in [9.17, 15) is 0 Å². The van der Waals surface area contributed by atoms with E-state index in [1.807, 2.05) is 37.3 Å². The molecule has 19 heavy (non-hydrogen) atoms. The van der Waals surface area contributed by atoms with Gasteiger partial charge in [0.2, 0.25) is 0 Å². The first kappa shape index (κ1) is 12.1. The van der Waals surface area contributed by atoms with Crippen LogP contribution in [-0.2, 0) is 0 Å². The van der Waals surface area contributed by atoms with Gasteiger partial charge < -0.3 is 19.6 Å². The highest BCUT2D eigenvalue weighted by Crippen LogP contribution is 2.33. The third kappa shape index (κ3) is 2.44. The number of nitrogens with two attached hydrogens (primary N) is 1. The van der Waals surface area contributed by atoms with Crippen molar-refractivity contribution in [3.63, 3.8) is 0 Å². The smallest absolute Gasteiger partial charge is 0.161 e. The summed E-state index contributed by atoms with van der Waals surface area (Å²) in [6.07, 6.45) is 0.896. The third-order valence-electron chi connectivity index (χ3n) is 3.20. The third-order valence-corrected chi connectivity index (χ3v) is 3.20. The minimum atomic E-state index is -0.286. The molecule has 1 aromatic heterocycles. The van der Waals surface area contributed by atoms with Gasteiger partial charge in [0.05, 0.1) is 19.3 Å². The fraction of sp³-hybridized carbons (Fsp3) is 0.333. The summed E-state index contributed by atoms with van der Waals surface area (Å²) in [5.74, 6) is 3.16. The largest absolute Gasteiger partial charge is 0.490 e. The van der Waals surface area contributed by atoms with Crippen molar-refractivity contribution >= 4 is 0 Å². The Bertz CT molecular complexity index is 577. The molecule has 4 heteroatoms. The van der Waals surface area contributed by atoms with Crippen LogP contribution < -0.4 is 15.2 Å². The van der Waals surface area contributed by atoms with Gasteiger partial charge in [-0.25, -0.2) is 0 Å². The van der Waals surface area contributed by atoms with Crippen molar-refractivity contribution in [3.05, 3.63) is 47.4 Å². The molecule has 100 valence electrons. The first-order valence-corrected chi connectivity index (χ1v) is 6.45. The van der Waals surface area contributed by atoms with E-state index in [0.717, 1.165) is 35.0 Å². The number of rotatable bonds is 2. The second kappa shape index (κ2) is 4.97. The summed E-state index contributed by atoms with van der Waals surface area (Å²) < 4.78 is 16.8. The molecule has 0 saturated heterocycles. The zero-order chi connectivity index (χ0) is 13.2. The van der Waals surface area contributed by atoms with Crippen molar-refractivity contribution in [1.29, 1.82) is 0 Å². The summed E-state index contributed by atoms with van der Waals surface area (Å²) in [5, 5.41) is 0. The number of hydrogen-bond donors (Lipinski definition) is 1. The van der Waals surface area contributed by atoms with Crippen LogP contribution in [0.25, 0.3) is 0 Å². The fourth-order valence-electron chi connectivity index (χ4n) is 2.16. The average Bonchev–Trinajstić information content (AvgIpc) is 2.72. The van der Waals surface area contributed by atoms with E-state index in [4.69, 9.17) is 19.6 Å². The van der Waals surface area contributed by atoms with Crippen LogP contribution in [0, 0.1) is 6.92 Å². The lowest BCUT2D eigenvalue weighted by atomic mass is 10.0. The molecule has 0 radical (unpaired) electrons. The van der Waals surface area contributed by atoms with Crippen LogP contribution >= 0.6 is 0 Å². The zero-order valence-electron chi connectivity index (χ0n) is 10.9. The number of furan rings is 1. The maximum absolute atomic E-state index is 6.21. The first-order valence-electron chi connectivity index (χ1n) is 6.45. The van der Waals surface area contributed by atoms with Crippen LogP contribution in [0.5, 0.6) is 11.5 Å². The monoisotopic (exact) mass is 259 g/mol. The number of benzene rings is 1. The fourth-order valence-corrected chi connectivity index (χ4v) is 2.16. The van der Waals surface area contributed by atoms with Crippen LogP contribution in [0.1, 0.15) is 29.5 Å². The van der Waals surface area contributed by atoms with Crippen LogP contribution in [0.2, 0.25) is 0 Å². The van der Waals surface area contributed by atoms with Crippen LogP contribution in [0.4, 0.5) is 0 Å². The molecule has 2 heterocycles. The Labute approximate surface area is 112 Å². The maximum atomic E-state index is 6.21. The lowest BCUT2D eigenvalue weighted by Crippen LogP contribution is -2.11. The van der Waals surface area contributed by atoms with E-state index in [1.165, 1.54) is 0 Å². The molecule has 0 fully saturated rings. The van der Waals surface area contributed by atoms with Gasteiger partial charge in [-0.15, -0.1) is 0 Å². The predicted octanol–water partition coefficient (Wildman–Crippen LogP) is 2.80. The highest BCUT2D eigenvalue weighted by molar-refractivity contribution is 5.45. The predicted molar refractivity (Wildman–Crippen MR) is 71.5 cm³/mol. The minimum absolute atomic E-state index is 0.286. The molecule has 0 amide bonds. The summed E-state index contributed by atoms with van der Waals surface area (Å²) in [5.41, 5.74) is 7.17. The van der Waals surface area contributed by atoms with Crippen molar-refractivity contribution in [1.82, 2.24) is 0 Å². The molecule has 1 atom stereocenters. The molecule has 1 aromatic carbocycles. The Morgan fingerprint density at radius 3 is 2.58 bits per heavy atom. The highest BCUT2D eigenvalue weighted by Gasteiger charge is 2.17. The van der Waals surface area contributed by atoms with Crippen LogP contribution in [0.15, 0.2) is 34.7 Å². The first-order chi connectivity index (χ1) is 9.24. The summed E-state index contributed by atoms with van der Waals surface area (Å²) in [4.78, 5) is 0. The topological polar surface area (TPSA) is 57.6 Å². The van der Waals surface area contributed by atoms with E-state index >= 15 is 0 Å². The average molecular weight is 259 g/mol. The summed E-state index contributed by atoms with van der Waals surface area (Å²) >= 11 is 0. The van der Waals surface area contributed by atoms with Gasteiger partial charge in [0.15, 0.2) is 11.5 Å². The Kier molecular flexibility index (Phi) is 3.17. The molecule has 0 aliphatic carbocycles. The lowest BCUT2D eigenvalue weighted by Gasteiger charge is -2.13. The molecule has 1 aliphatic heterocycles. The number of ether oxygens (including phenoxy) is 2. The van der Waals surface area contributed by atoms with Crippen molar-refractivity contribution in [3.8, 4) is 11.5 Å². The van der Waals surface area contributed by atoms with Gasteiger partial charge >= 0.3 is 0 Å². The van der Waals surface area contributed by atoms with E-state index < -0.39 is 0 Å². The molecule has 1 aliphatic rings. The Morgan fingerprint density at radius 1 is 1.05 bits per heavy atom. The Balaban J connectivity index is 1.91. The molecule has 0 spiro atoms. The highest BCUT2D eigenvalue weighted by atomic mass is 16.5. The number of fused-ring (bicyclic) bond motifs is 1. The van der Waals surface area contributed by atoms with Gasteiger partial charge in [-0.05, 0) is 36.8 Å². The van der Waals surface area contributed by atoms with Crippen molar-refractivity contribution in [2.45, 2.75) is 19.4 Å². The number of aryl methyl sites for hydroxylation is 1. The second-order valence-corrected chi connectivity index (χ2v) is 4.68. The SMILES string of the molecule is Cc1ccc(C(N)c2ccc3c(c2)OCCCO3)o1. The molecular formula is C15H17NO3. The Hall–Kier alpha value is -1.94. The van der Waals surface area contributed by atoms with Gasteiger partial charge in [-0.2, -0.15) is 0 Å². The van der Waals surface area contributed by atoms with Crippen molar-refractivity contribution in [2.24, 2.45) is 5.73 Å². The van der Waals surface area contributed by atoms with E-state index in [-0.39, 0.29) is 6.04 Å². The van der Waals surface area contributed by atoms with E-state index in [0.29, 0.717) is 13.2 Å². The zero-order valence-corrected chi connectivity index (χ0v) is 10.9. The number of hydrogen-bond acceptors (Lipinski definition) is 4. The van der Waals surface area contributed by atoms with Gasteiger partial charge in [0.25, 0.3) is 0 Å². The van der Waals surface area contributed by atoms with E-state index in [2.05, 4.69) is 0 Å².